The summed E-state index contributed by atoms with van der Waals surface area (Å²) in [5.41, 5.74) is -0.792. The average Bonchev–Trinajstić information content (AvgIpc) is 2.99. The molecule has 154 valence electrons. The van der Waals surface area contributed by atoms with Crippen molar-refractivity contribution >= 4 is 11.8 Å². The molecular formula is C23H38O4. The molecule has 0 aromatic heterocycles. The monoisotopic (exact) mass is 378 g/mol. The van der Waals surface area contributed by atoms with E-state index in [9.17, 15) is 14.7 Å². The van der Waals surface area contributed by atoms with Gasteiger partial charge in [-0.3, -0.25) is 9.59 Å². The normalized spacial score (nSPS) is 22.9. The van der Waals surface area contributed by atoms with Crippen molar-refractivity contribution in [2.75, 3.05) is 0 Å². The van der Waals surface area contributed by atoms with Crippen LogP contribution in [0.4, 0.5) is 0 Å². The van der Waals surface area contributed by atoms with E-state index in [2.05, 4.69) is 19.9 Å². The highest BCUT2D eigenvalue weighted by Gasteiger charge is 2.35. The molecule has 3 atom stereocenters. The topological polar surface area (TPSA) is 74.6 Å². The van der Waals surface area contributed by atoms with Crippen LogP contribution in [0.1, 0.15) is 85.0 Å². The molecule has 0 spiro atoms. The third-order valence-electron chi connectivity index (χ3n) is 5.92. The van der Waals surface area contributed by atoms with E-state index in [-0.39, 0.29) is 30.0 Å². The molecule has 4 heteroatoms. The summed E-state index contributed by atoms with van der Waals surface area (Å²) < 4.78 is 0. The average molecular weight is 379 g/mol. The van der Waals surface area contributed by atoms with E-state index >= 15 is 0 Å². The van der Waals surface area contributed by atoms with E-state index in [1.54, 1.807) is 0 Å². The second-order valence-electron chi connectivity index (χ2n) is 7.89. The number of hydrogen-bond acceptors (Lipinski definition) is 3. The van der Waals surface area contributed by atoms with Crippen LogP contribution in [0.2, 0.25) is 0 Å². The van der Waals surface area contributed by atoms with Crippen LogP contribution in [0.15, 0.2) is 24.3 Å². The minimum atomic E-state index is -0.801. The highest BCUT2D eigenvalue weighted by molar-refractivity contribution is 5.83. The summed E-state index contributed by atoms with van der Waals surface area (Å²) >= 11 is 0. The molecule has 1 fully saturated rings. The largest absolute Gasteiger partial charge is 0.481 e. The Morgan fingerprint density at radius 1 is 1.22 bits per heavy atom. The molecule has 0 aromatic rings. The standard InChI is InChI=1S/C23H38O4/c1-4-10-19(11-5-2)23(27,6-3)17-16-18-14-15-21(24)20(18)12-8-7-9-13-22(25)26/h7-8,16-20,27H,4-6,9-15H2,1-3H3,(H,25,26)/b8-7-,17-16?/t18-,20-,23?/m0/s1. The Bertz CT molecular complexity index is 516. The first-order valence-corrected chi connectivity index (χ1v) is 10.7. The molecule has 0 amide bonds. The molecule has 27 heavy (non-hydrogen) atoms. The zero-order valence-corrected chi connectivity index (χ0v) is 17.3. The predicted molar refractivity (Wildman–Crippen MR) is 110 cm³/mol. The second-order valence-corrected chi connectivity index (χ2v) is 7.89. The molecule has 0 aliphatic heterocycles. The second kappa shape index (κ2) is 12.1. The molecule has 0 radical (unpaired) electrons. The summed E-state index contributed by atoms with van der Waals surface area (Å²) in [6.07, 6.45) is 15.4. The third-order valence-corrected chi connectivity index (χ3v) is 5.92. The number of carboxylic acids is 1. The molecule has 0 heterocycles. The van der Waals surface area contributed by atoms with E-state index in [0.717, 1.165) is 32.1 Å². The van der Waals surface area contributed by atoms with E-state index in [1.807, 2.05) is 25.2 Å². The highest BCUT2D eigenvalue weighted by Crippen LogP contribution is 2.36. The van der Waals surface area contributed by atoms with Crippen molar-refractivity contribution in [3.8, 4) is 0 Å². The third kappa shape index (κ3) is 7.61. The molecule has 4 nitrogen and oxygen atoms in total. The van der Waals surface area contributed by atoms with Crippen molar-refractivity contribution < 1.29 is 19.8 Å². The van der Waals surface area contributed by atoms with Gasteiger partial charge in [0.05, 0.1) is 5.60 Å². The van der Waals surface area contributed by atoms with Crippen LogP contribution in [-0.2, 0) is 9.59 Å². The summed E-state index contributed by atoms with van der Waals surface area (Å²) in [7, 11) is 0. The number of aliphatic carboxylic acids is 1. The van der Waals surface area contributed by atoms with Crippen molar-refractivity contribution in [2.45, 2.75) is 90.6 Å². The fourth-order valence-corrected chi connectivity index (χ4v) is 4.21. The minimum absolute atomic E-state index is 0.0424. The van der Waals surface area contributed by atoms with Gasteiger partial charge in [-0.05, 0) is 50.4 Å². The zero-order valence-electron chi connectivity index (χ0n) is 17.3. The molecule has 0 aromatic carbocycles. The van der Waals surface area contributed by atoms with E-state index in [0.29, 0.717) is 25.7 Å². The van der Waals surface area contributed by atoms with Crippen LogP contribution in [0.25, 0.3) is 0 Å². The summed E-state index contributed by atoms with van der Waals surface area (Å²) in [6, 6.07) is 0. The van der Waals surface area contributed by atoms with E-state index < -0.39 is 11.6 Å². The fraction of sp³-hybridized carbons (Fsp3) is 0.739. The Labute approximate surface area is 164 Å². The van der Waals surface area contributed by atoms with Crippen LogP contribution in [0.3, 0.4) is 0 Å². The van der Waals surface area contributed by atoms with Crippen LogP contribution in [0, 0.1) is 17.8 Å². The Morgan fingerprint density at radius 2 is 1.89 bits per heavy atom. The van der Waals surface area contributed by atoms with Crippen LogP contribution < -0.4 is 0 Å². The number of carboxylic acid groups (broad SMARTS) is 1. The summed E-state index contributed by atoms with van der Waals surface area (Å²) in [5, 5.41) is 19.9. The zero-order chi connectivity index (χ0) is 20.3. The number of allylic oxidation sites excluding steroid dienone is 3. The lowest BCUT2D eigenvalue weighted by Gasteiger charge is -2.33. The van der Waals surface area contributed by atoms with Gasteiger partial charge in [0.15, 0.2) is 0 Å². The number of carbonyl (C=O) groups is 2. The predicted octanol–water partition coefficient (Wildman–Crippen LogP) is 5.31. The summed E-state index contributed by atoms with van der Waals surface area (Å²) in [4.78, 5) is 22.8. The smallest absolute Gasteiger partial charge is 0.303 e. The maximum absolute atomic E-state index is 12.3. The van der Waals surface area contributed by atoms with E-state index in [1.165, 1.54) is 0 Å². The van der Waals surface area contributed by atoms with Crippen molar-refractivity contribution in [2.24, 2.45) is 17.8 Å². The number of ketones is 1. The first kappa shape index (κ1) is 23.6. The van der Waals surface area contributed by atoms with Gasteiger partial charge in [0.25, 0.3) is 0 Å². The summed E-state index contributed by atoms with van der Waals surface area (Å²) in [6.45, 7) is 6.35. The molecule has 1 aliphatic carbocycles. The quantitative estimate of drug-likeness (QED) is 0.426. The van der Waals surface area contributed by atoms with Crippen molar-refractivity contribution in [1.82, 2.24) is 0 Å². The Hall–Kier alpha value is -1.42. The van der Waals surface area contributed by atoms with Gasteiger partial charge in [0.1, 0.15) is 5.78 Å². The number of Topliss-reactive ketones (excluding diaryl/α,β-unsaturated/α-hetero) is 1. The Balaban J connectivity index is 2.76. The summed E-state index contributed by atoms with van der Waals surface area (Å²) in [5.74, 6) is -0.126. The van der Waals surface area contributed by atoms with Gasteiger partial charge < -0.3 is 10.2 Å². The minimum Gasteiger partial charge on any atom is -0.481 e. The van der Waals surface area contributed by atoms with E-state index in [4.69, 9.17) is 5.11 Å². The van der Waals surface area contributed by atoms with Gasteiger partial charge in [0, 0.05) is 18.8 Å². The number of rotatable bonds is 13. The molecule has 2 N–H and O–H groups in total. The van der Waals surface area contributed by atoms with Crippen LogP contribution in [-0.4, -0.2) is 27.6 Å². The van der Waals surface area contributed by atoms with Gasteiger partial charge in [-0.15, -0.1) is 0 Å². The lowest BCUT2D eigenvalue weighted by molar-refractivity contribution is -0.136. The van der Waals surface area contributed by atoms with Gasteiger partial charge >= 0.3 is 5.97 Å². The lowest BCUT2D eigenvalue weighted by atomic mass is 9.78. The van der Waals surface area contributed by atoms with Crippen molar-refractivity contribution in [1.29, 1.82) is 0 Å². The lowest BCUT2D eigenvalue weighted by Crippen LogP contribution is -2.35. The SMILES string of the molecule is CCCC(CCC)C(O)(C=C[C@@H]1CCC(=O)[C@H]1C/C=C\CCC(=O)O)CC. The van der Waals surface area contributed by atoms with Crippen LogP contribution in [0.5, 0.6) is 0 Å². The molecule has 1 unspecified atom stereocenters. The number of hydrogen-bond donors (Lipinski definition) is 2. The van der Waals surface area contributed by atoms with Crippen molar-refractivity contribution in [3.63, 3.8) is 0 Å². The van der Waals surface area contributed by atoms with Crippen molar-refractivity contribution in [3.05, 3.63) is 24.3 Å². The first-order chi connectivity index (χ1) is 12.9. The molecule has 1 aliphatic rings. The maximum Gasteiger partial charge on any atom is 0.303 e. The number of carbonyl (C=O) groups excluding carboxylic acids is 1. The highest BCUT2D eigenvalue weighted by atomic mass is 16.4. The molecule has 1 rings (SSSR count). The molecule has 0 saturated heterocycles. The fourth-order valence-electron chi connectivity index (χ4n) is 4.21. The van der Waals surface area contributed by atoms with Crippen LogP contribution >= 0.6 is 0 Å². The Kier molecular flexibility index (Phi) is 10.6. The molecule has 1 saturated carbocycles. The van der Waals surface area contributed by atoms with Gasteiger partial charge in [-0.25, -0.2) is 0 Å². The van der Waals surface area contributed by atoms with Gasteiger partial charge in [-0.2, -0.15) is 0 Å². The number of aliphatic hydroxyl groups is 1. The maximum atomic E-state index is 12.3. The Morgan fingerprint density at radius 3 is 2.44 bits per heavy atom. The molecule has 0 bridgehead atoms. The van der Waals surface area contributed by atoms with Gasteiger partial charge in [-0.1, -0.05) is 57.9 Å². The van der Waals surface area contributed by atoms with Gasteiger partial charge in [0.2, 0.25) is 0 Å². The first-order valence-electron chi connectivity index (χ1n) is 10.7. The molecular weight excluding hydrogens is 340 g/mol.